The third-order valence-electron chi connectivity index (χ3n) is 4.64. The maximum absolute atomic E-state index is 13.4. The molecule has 1 aliphatic heterocycles. The molecule has 1 aliphatic rings. The van der Waals surface area contributed by atoms with Crippen molar-refractivity contribution in [1.29, 1.82) is 0 Å². The Hall–Kier alpha value is -2.39. The number of halogens is 3. The lowest BCUT2D eigenvalue weighted by molar-refractivity contribution is -0.159. The summed E-state index contributed by atoms with van der Waals surface area (Å²) < 4.78 is 42.1. The molecule has 2 unspecified atom stereocenters. The van der Waals surface area contributed by atoms with Crippen LogP contribution < -0.4 is 10.6 Å². The van der Waals surface area contributed by atoms with Crippen molar-refractivity contribution < 1.29 is 18.0 Å². The van der Waals surface area contributed by atoms with Gasteiger partial charge >= 0.3 is 6.18 Å². The molecule has 9 heteroatoms. The van der Waals surface area contributed by atoms with Crippen molar-refractivity contribution in [3.8, 4) is 0 Å². The van der Waals surface area contributed by atoms with E-state index in [0.717, 1.165) is 0 Å². The van der Waals surface area contributed by atoms with Gasteiger partial charge in [-0.2, -0.15) is 13.2 Å². The maximum Gasteiger partial charge on any atom is 0.407 e. The summed E-state index contributed by atoms with van der Waals surface area (Å²) in [5, 5.41) is 5.59. The van der Waals surface area contributed by atoms with Crippen LogP contribution in [0.1, 0.15) is 23.5 Å². The summed E-state index contributed by atoms with van der Waals surface area (Å²) in [7, 11) is 1.83. The molecule has 0 spiro atoms. The molecular weight excluding hydrogens is 359 g/mol. The third kappa shape index (κ3) is 4.48. The lowest BCUT2D eigenvalue weighted by Gasteiger charge is -2.36. The van der Waals surface area contributed by atoms with Crippen molar-refractivity contribution in [2.75, 3.05) is 26.2 Å². The highest BCUT2D eigenvalue weighted by Crippen LogP contribution is 2.32. The van der Waals surface area contributed by atoms with Crippen LogP contribution in [0.25, 0.3) is 0 Å². The van der Waals surface area contributed by atoms with Crippen LogP contribution in [0, 0.1) is 0 Å². The minimum Gasteiger partial charge on any atom is -0.336 e. The van der Waals surface area contributed by atoms with Gasteiger partial charge < -0.3 is 14.8 Å². The van der Waals surface area contributed by atoms with E-state index in [0.29, 0.717) is 25.5 Å². The predicted octanol–water partition coefficient (Wildman–Crippen LogP) is 1.79. The Morgan fingerprint density at radius 3 is 2.74 bits per heavy atom. The third-order valence-corrected chi connectivity index (χ3v) is 4.64. The molecule has 0 saturated carbocycles. The van der Waals surface area contributed by atoms with E-state index >= 15 is 0 Å². The lowest BCUT2D eigenvalue weighted by atomic mass is 10.1. The van der Waals surface area contributed by atoms with E-state index in [-0.39, 0.29) is 17.5 Å². The van der Waals surface area contributed by atoms with Gasteiger partial charge in [-0.25, -0.2) is 4.98 Å². The van der Waals surface area contributed by atoms with Gasteiger partial charge in [0, 0.05) is 39.1 Å². The van der Waals surface area contributed by atoms with Crippen molar-refractivity contribution in [2.45, 2.75) is 18.3 Å². The number of amides is 1. The Morgan fingerprint density at radius 1 is 1.37 bits per heavy atom. The SMILES string of the molecule is Cn1ccnc1C1CNCCN1C(=O)CNC(c1ccccc1)C(F)(F)F. The molecular formula is C18H22F3N5O. The number of aryl methyl sites for hydroxylation is 1. The number of aromatic nitrogens is 2. The predicted molar refractivity (Wildman–Crippen MR) is 93.8 cm³/mol. The molecule has 2 aromatic rings. The normalized spacial score (nSPS) is 19.1. The van der Waals surface area contributed by atoms with Gasteiger partial charge in [0.15, 0.2) is 0 Å². The molecule has 6 nitrogen and oxygen atoms in total. The first-order valence-electron chi connectivity index (χ1n) is 8.70. The van der Waals surface area contributed by atoms with Gasteiger partial charge in [0.2, 0.25) is 5.91 Å². The zero-order chi connectivity index (χ0) is 19.4. The molecule has 2 heterocycles. The number of imidazole rings is 1. The van der Waals surface area contributed by atoms with Crippen LogP contribution in [-0.4, -0.2) is 52.7 Å². The molecule has 2 atom stereocenters. The summed E-state index contributed by atoms with van der Waals surface area (Å²) in [6, 6.07) is 5.34. The van der Waals surface area contributed by atoms with E-state index in [2.05, 4.69) is 15.6 Å². The molecule has 1 amide bonds. The molecule has 0 aliphatic carbocycles. The largest absolute Gasteiger partial charge is 0.407 e. The van der Waals surface area contributed by atoms with Gasteiger partial charge in [-0.1, -0.05) is 30.3 Å². The first-order valence-corrected chi connectivity index (χ1v) is 8.70. The number of nitrogens with zero attached hydrogens (tertiary/aromatic N) is 3. The van der Waals surface area contributed by atoms with E-state index < -0.39 is 18.8 Å². The summed E-state index contributed by atoms with van der Waals surface area (Å²) >= 11 is 0. The van der Waals surface area contributed by atoms with Crippen molar-refractivity contribution in [3.63, 3.8) is 0 Å². The molecule has 1 fully saturated rings. The summed E-state index contributed by atoms with van der Waals surface area (Å²) in [4.78, 5) is 18.6. The van der Waals surface area contributed by atoms with Gasteiger partial charge in [0.05, 0.1) is 6.54 Å². The number of hydrogen-bond donors (Lipinski definition) is 2. The quantitative estimate of drug-likeness (QED) is 0.829. The average molecular weight is 381 g/mol. The molecule has 146 valence electrons. The topological polar surface area (TPSA) is 62.2 Å². The summed E-state index contributed by atoms with van der Waals surface area (Å²) in [6.45, 7) is 1.12. The van der Waals surface area contributed by atoms with E-state index in [9.17, 15) is 18.0 Å². The standard InChI is InChI=1S/C18H22F3N5O/c1-25-9-8-23-17(25)14-11-22-7-10-26(14)15(27)12-24-16(18(19,20)21)13-5-3-2-4-6-13/h2-6,8-9,14,16,22,24H,7,10-12H2,1H3. The van der Waals surface area contributed by atoms with Gasteiger partial charge in [-0.05, 0) is 5.56 Å². The van der Waals surface area contributed by atoms with Crippen LogP contribution in [0.4, 0.5) is 13.2 Å². The van der Waals surface area contributed by atoms with Gasteiger partial charge in [0.25, 0.3) is 0 Å². The Kier molecular flexibility index (Phi) is 5.81. The number of rotatable bonds is 5. The number of nitrogens with one attached hydrogen (secondary N) is 2. The maximum atomic E-state index is 13.4. The van der Waals surface area contributed by atoms with Crippen LogP contribution in [0.15, 0.2) is 42.7 Å². The Bertz CT molecular complexity index is 762. The molecule has 1 aromatic carbocycles. The minimum absolute atomic E-state index is 0.0822. The van der Waals surface area contributed by atoms with Crippen molar-refractivity contribution in [1.82, 2.24) is 25.1 Å². The second kappa shape index (κ2) is 8.10. The van der Waals surface area contributed by atoms with Crippen LogP contribution in [0.2, 0.25) is 0 Å². The molecule has 0 bridgehead atoms. The highest BCUT2D eigenvalue weighted by molar-refractivity contribution is 5.79. The minimum atomic E-state index is -4.50. The fourth-order valence-corrected chi connectivity index (χ4v) is 3.29. The van der Waals surface area contributed by atoms with E-state index in [4.69, 9.17) is 0 Å². The van der Waals surface area contributed by atoms with Crippen molar-refractivity contribution >= 4 is 5.91 Å². The molecule has 2 N–H and O–H groups in total. The fourth-order valence-electron chi connectivity index (χ4n) is 3.29. The Balaban J connectivity index is 1.72. The number of carbonyl (C=O) groups excluding carboxylic acids is 1. The summed E-state index contributed by atoms with van der Waals surface area (Å²) in [5.41, 5.74) is 0.0822. The first kappa shape index (κ1) is 19.4. The molecule has 27 heavy (non-hydrogen) atoms. The number of benzene rings is 1. The first-order chi connectivity index (χ1) is 12.9. The van der Waals surface area contributed by atoms with Crippen molar-refractivity contribution in [3.05, 3.63) is 54.1 Å². The average Bonchev–Trinajstić information content (AvgIpc) is 3.07. The highest BCUT2D eigenvalue weighted by atomic mass is 19.4. The Labute approximate surface area is 155 Å². The molecule has 0 radical (unpaired) electrons. The molecule has 3 rings (SSSR count). The van der Waals surface area contributed by atoms with E-state index in [1.165, 1.54) is 12.1 Å². The van der Waals surface area contributed by atoms with Crippen LogP contribution in [0.3, 0.4) is 0 Å². The van der Waals surface area contributed by atoms with Crippen LogP contribution >= 0.6 is 0 Å². The van der Waals surface area contributed by atoms with Crippen molar-refractivity contribution in [2.24, 2.45) is 7.05 Å². The Morgan fingerprint density at radius 2 is 2.11 bits per heavy atom. The zero-order valence-electron chi connectivity index (χ0n) is 14.9. The lowest BCUT2D eigenvalue weighted by Crippen LogP contribution is -2.52. The van der Waals surface area contributed by atoms with E-state index in [1.54, 1.807) is 35.5 Å². The molecule has 1 saturated heterocycles. The van der Waals surface area contributed by atoms with E-state index in [1.807, 2.05) is 11.6 Å². The second-order valence-corrected chi connectivity index (χ2v) is 6.47. The molecule has 1 aromatic heterocycles. The van der Waals surface area contributed by atoms with Crippen LogP contribution in [0.5, 0.6) is 0 Å². The van der Waals surface area contributed by atoms with Gasteiger partial charge in [-0.3, -0.25) is 10.1 Å². The second-order valence-electron chi connectivity index (χ2n) is 6.47. The monoisotopic (exact) mass is 381 g/mol. The zero-order valence-corrected chi connectivity index (χ0v) is 14.9. The smallest absolute Gasteiger partial charge is 0.336 e. The number of alkyl halides is 3. The fraction of sp³-hybridized carbons (Fsp3) is 0.444. The van der Waals surface area contributed by atoms with Gasteiger partial charge in [-0.15, -0.1) is 0 Å². The summed E-state index contributed by atoms with van der Waals surface area (Å²) in [6.07, 6.45) is -1.08. The highest BCUT2D eigenvalue weighted by Gasteiger charge is 2.41. The van der Waals surface area contributed by atoms with Gasteiger partial charge in [0.1, 0.15) is 17.9 Å². The van der Waals surface area contributed by atoms with Crippen LogP contribution in [-0.2, 0) is 11.8 Å². The number of piperazine rings is 1. The summed E-state index contributed by atoms with van der Waals surface area (Å²) in [5.74, 6) is 0.320. The number of carbonyl (C=O) groups is 1. The number of hydrogen-bond acceptors (Lipinski definition) is 4.